The van der Waals surface area contributed by atoms with Crippen molar-refractivity contribution in [2.45, 2.75) is 12.5 Å². The summed E-state index contributed by atoms with van der Waals surface area (Å²) in [7, 11) is 0. The van der Waals surface area contributed by atoms with Gasteiger partial charge in [-0.05, 0) is 30.2 Å². The van der Waals surface area contributed by atoms with Crippen LogP contribution < -0.4 is 5.32 Å². The number of aromatic nitrogens is 1. The summed E-state index contributed by atoms with van der Waals surface area (Å²) in [6.45, 7) is -0.184. The van der Waals surface area contributed by atoms with Gasteiger partial charge in [-0.25, -0.2) is 0 Å². The number of aromatic amines is 1. The Kier molecular flexibility index (Phi) is 4.64. The van der Waals surface area contributed by atoms with Gasteiger partial charge in [-0.2, -0.15) is 5.26 Å². The highest BCUT2D eigenvalue weighted by Crippen LogP contribution is 2.27. The highest BCUT2D eigenvalue weighted by molar-refractivity contribution is 5.83. The maximum atomic E-state index is 11.2. The molecule has 0 unspecified atom stereocenters. The smallest absolute Gasteiger partial charge is 0.293 e. The van der Waals surface area contributed by atoms with Crippen LogP contribution in [0, 0.1) is 21.4 Å². The van der Waals surface area contributed by atoms with Crippen LogP contribution in [0.4, 0.5) is 11.4 Å². The van der Waals surface area contributed by atoms with Gasteiger partial charge in [0.25, 0.3) is 5.69 Å². The predicted molar refractivity (Wildman–Crippen MR) is 94.3 cm³/mol. The molecule has 3 aromatic rings. The third-order valence-electron chi connectivity index (χ3n) is 4.04. The van der Waals surface area contributed by atoms with Crippen molar-refractivity contribution in [3.8, 4) is 6.07 Å². The van der Waals surface area contributed by atoms with Crippen LogP contribution in [0.5, 0.6) is 0 Å². The molecule has 0 saturated heterocycles. The quantitative estimate of drug-likeness (QED) is 0.473. The Labute approximate surface area is 143 Å². The number of nitrogens with zero attached hydrogens (tertiary/aromatic N) is 2. The van der Waals surface area contributed by atoms with Crippen LogP contribution in [0.1, 0.15) is 11.1 Å². The number of hydrogen-bond acceptors (Lipinski definition) is 5. The fraction of sp³-hybridized carbons (Fsp3) is 0.167. The summed E-state index contributed by atoms with van der Waals surface area (Å²) < 4.78 is 0. The van der Waals surface area contributed by atoms with E-state index in [1.54, 1.807) is 0 Å². The second-order valence-electron chi connectivity index (χ2n) is 5.69. The highest BCUT2D eigenvalue weighted by atomic mass is 16.6. The van der Waals surface area contributed by atoms with Gasteiger partial charge < -0.3 is 15.4 Å². The Morgan fingerprint density at radius 3 is 2.84 bits per heavy atom. The monoisotopic (exact) mass is 336 g/mol. The number of fused-ring (bicyclic) bond motifs is 1. The third-order valence-corrected chi connectivity index (χ3v) is 4.04. The van der Waals surface area contributed by atoms with Crippen molar-refractivity contribution in [3.63, 3.8) is 0 Å². The Balaban J connectivity index is 1.85. The summed E-state index contributed by atoms with van der Waals surface area (Å²) in [4.78, 5) is 13.9. The molecule has 7 heteroatoms. The standard InChI is InChI=1S/C18H16N4O3/c19-9-12-5-6-17(18(7-12)22(24)25)21-14(11-23)8-13-10-20-16-4-2-1-3-15(13)16/h1-7,10,14,20-21,23H,8,11H2/t14-/m1/s1. The van der Waals surface area contributed by atoms with Crippen molar-refractivity contribution in [2.75, 3.05) is 11.9 Å². The minimum atomic E-state index is -0.538. The molecule has 0 bridgehead atoms. The van der Waals surface area contributed by atoms with Gasteiger partial charge in [-0.3, -0.25) is 10.1 Å². The van der Waals surface area contributed by atoms with E-state index < -0.39 is 11.0 Å². The van der Waals surface area contributed by atoms with E-state index in [4.69, 9.17) is 5.26 Å². The van der Waals surface area contributed by atoms with E-state index in [1.807, 2.05) is 36.5 Å². The molecule has 0 amide bonds. The lowest BCUT2D eigenvalue weighted by molar-refractivity contribution is -0.384. The van der Waals surface area contributed by atoms with Gasteiger partial charge in [0.2, 0.25) is 0 Å². The van der Waals surface area contributed by atoms with Crippen molar-refractivity contribution in [3.05, 3.63) is 69.9 Å². The van der Waals surface area contributed by atoms with Crippen LogP contribution in [-0.4, -0.2) is 27.7 Å². The zero-order valence-corrected chi connectivity index (χ0v) is 13.3. The minimum absolute atomic E-state index is 0.184. The lowest BCUT2D eigenvalue weighted by Gasteiger charge is -2.17. The number of benzene rings is 2. The van der Waals surface area contributed by atoms with E-state index in [9.17, 15) is 15.2 Å². The molecule has 0 saturated carbocycles. The van der Waals surface area contributed by atoms with Gasteiger partial charge in [0.1, 0.15) is 5.69 Å². The van der Waals surface area contributed by atoms with Gasteiger partial charge >= 0.3 is 0 Å². The summed E-state index contributed by atoms with van der Waals surface area (Å²) in [6.07, 6.45) is 2.37. The maximum Gasteiger partial charge on any atom is 0.293 e. The maximum absolute atomic E-state index is 11.2. The van der Waals surface area contributed by atoms with E-state index >= 15 is 0 Å². The molecule has 1 heterocycles. The molecule has 0 aliphatic carbocycles. The largest absolute Gasteiger partial charge is 0.394 e. The molecule has 2 aromatic carbocycles. The summed E-state index contributed by atoms with van der Waals surface area (Å²) >= 11 is 0. The highest BCUT2D eigenvalue weighted by Gasteiger charge is 2.19. The van der Waals surface area contributed by atoms with Crippen LogP contribution in [0.2, 0.25) is 0 Å². The fourth-order valence-electron chi connectivity index (χ4n) is 2.82. The molecule has 7 nitrogen and oxygen atoms in total. The Morgan fingerprint density at radius 1 is 1.32 bits per heavy atom. The SMILES string of the molecule is N#Cc1ccc(N[C@@H](CO)Cc2c[nH]c3ccccc23)c([N+](=O)[O-])c1. The Bertz CT molecular complexity index is 958. The zero-order valence-electron chi connectivity index (χ0n) is 13.3. The van der Waals surface area contributed by atoms with Crippen molar-refractivity contribution < 1.29 is 10.0 Å². The first-order chi connectivity index (χ1) is 12.1. The van der Waals surface area contributed by atoms with Gasteiger partial charge in [-0.15, -0.1) is 0 Å². The summed E-state index contributed by atoms with van der Waals surface area (Å²) in [5, 5.41) is 33.9. The normalized spacial score (nSPS) is 11.8. The molecule has 0 aliphatic rings. The van der Waals surface area contributed by atoms with Crippen LogP contribution in [0.3, 0.4) is 0 Å². The number of para-hydroxylation sites is 1. The van der Waals surface area contributed by atoms with Crippen molar-refractivity contribution >= 4 is 22.3 Å². The number of nitrogens with one attached hydrogen (secondary N) is 2. The van der Waals surface area contributed by atoms with Crippen molar-refractivity contribution in [1.29, 1.82) is 5.26 Å². The van der Waals surface area contributed by atoms with Crippen LogP contribution in [0.25, 0.3) is 10.9 Å². The van der Waals surface area contributed by atoms with Gasteiger partial charge in [0.15, 0.2) is 0 Å². The number of nitriles is 1. The van der Waals surface area contributed by atoms with Gasteiger partial charge in [0, 0.05) is 23.2 Å². The number of rotatable bonds is 6. The van der Waals surface area contributed by atoms with E-state index in [0.717, 1.165) is 16.5 Å². The molecular formula is C18H16N4O3. The first kappa shape index (κ1) is 16.5. The zero-order chi connectivity index (χ0) is 17.8. The van der Waals surface area contributed by atoms with Gasteiger partial charge in [0.05, 0.1) is 29.2 Å². The van der Waals surface area contributed by atoms with Crippen LogP contribution in [-0.2, 0) is 6.42 Å². The van der Waals surface area contributed by atoms with E-state index in [1.165, 1.54) is 18.2 Å². The first-order valence-corrected chi connectivity index (χ1v) is 7.73. The van der Waals surface area contributed by atoms with Crippen molar-refractivity contribution in [1.82, 2.24) is 4.98 Å². The number of anilines is 1. The Hall–Kier alpha value is -3.37. The molecule has 0 spiro atoms. The second kappa shape index (κ2) is 7.03. The molecule has 1 aromatic heterocycles. The topological polar surface area (TPSA) is 115 Å². The molecule has 25 heavy (non-hydrogen) atoms. The number of H-pyrrole nitrogens is 1. The first-order valence-electron chi connectivity index (χ1n) is 7.73. The third kappa shape index (κ3) is 3.44. The second-order valence-corrected chi connectivity index (χ2v) is 5.69. The molecule has 1 atom stereocenters. The molecule has 0 radical (unpaired) electrons. The van der Waals surface area contributed by atoms with E-state index in [2.05, 4.69) is 10.3 Å². The minimum Gasteiger partial charge on any atom is -0.394 e. The van der Waals surface area contributed by atoms with E-state index in [0.29, 0.717) is 6.42 Å². The van der Waals surface area contributed by atoms with Gasteiger partial charge in [-0.1, -0.05) is 18.2 Å². The lowest BCUT2D eigenvalue weighted by Crippen LogP contribution is -2.26. The summed E-state index contributed by atoms with van der Waals surface area (Å²) in [5.41, 5.74) is 2.32. The number of hydrogen-bond donors (Lipinski definition) is 3. The summed E-state index contributed by atoms with van der Waals surface area (Å²) in [6, 6.07) is 13.5. The molecule has 3 rings (SSSR count). The average molecular weight is 336 g/mol. The predicted octanol–water partition coefficient (Wildman–Crippen LogP) is 2.96. The molecule has 3 N–H and O–H groups in total. The number of aliphatic hydroxyl groups is 1. The molecule has 126 valence electrons. The van der Waals surface area contributed by atoms with Crippen LogP contribution >= 0.6 is 0 Å². The molecule has 0 fully saturated rings. The average Bonchev–Trinajstić information content (AvgIpc) is 3.04. The van der Waals surface area contributed by atoms with E-state index in [-0.39, 0.29) is 23.5 Å². The number of nitro benzene ring substituents is 1. The summed E-state index contributed by atoms with van der Waals surface area (Å²) in [5.74, 6) is 0. The lowest BCUT2D eigenvalue weighted by atomic mass is 10.0. The Morgan fingerprint density at radius 2 is 2.12 bits per heavy atom. The molecule has 0 aliphatic heterocycles. The van der Waals surface area contributed by atoms with Crippen molar-refractivity contribution in [2.24, 2.45) is 0 Å². The number of aliphatic hydroxyl groups excluding tert-OH is 1. The van der Waals surface area contributed by atoms with Crippen LogP contribution in [0.15, 0.2) is 48.7 Å². The number of nitro groups is 1. The fourth-order valence-corrected chi connectivity index (χ4v) is 2.82. The molecular weight excluding hydrogens is 320 g/mol.